The molecule has 0 aromatic rings. The maximum atomic E-state index is 11.6. The van der Waals surface area contributed by atoms with Gasteiger partial charge in [-0.05, 0) is 6.54 Å². The largest absolute Gasteiger partial charge is 0.348 e. The zero-order valence-corrected chi connectivity index (χ0v) is 10.8. The third kappa shape index (κ3) is 5.09. The van der Waals surface area contributed by atoms with E-state index >= 15 is 0 Å². The lowest BCUT2D eigenvalue weighted by Crippen LogP contribution is -2.48. The van der Waals surface area contributed by atoms with Gasteiger partial charge in [0.15, 0.2) is 0 Å². The third-order valence-electron chi connectivity index (χ3n) is 2.26. The van der Waals surface area contributed by atoms with Gasteiger partial charge in [0.05, 0.1) is 13.1 Å². The number of nitrogens with one attached hydrogen (secondary N) is 1. The van der Waals surface area contributed by atoms with Crippen molar-refractivity contribution in [1.82, 2.24) is 20.2 Å². The number of hydrazine groups is 1. The van der Waals surface area contributed by atoms with Gasteiger partial charge in [0.25, 0.3) is 5.91 Å². The van der Waals surface area contributed by atoms with Crippen LogP contribution in [-0.4, -0.2) is 74.6 Å². The minimum Gasteiger partial charge on any atom is -0.348 e. The molecule has 0 heterocycles. The van der Waals surface area contributed by atoms with Crippen molar-refractivity contribution in [2.45, 2.75) is 6.92 Å². The van der Waals surface area contributed by atoms with Crippen molar-refractivity contribution in [3.63, 3.8) is 0 Å². The molecule has 94 valence electrons. The average Bonchev–Trinajstić information content (AvgIpc) is 2.24. The Bertz CT molecular complexity index is 243. The fourth-order valence-electron chi connectivity index (χ4n) is 0.980. The van der Waals surface area contributed by atoms with E-state index in [1.54, 1.807) is 33.2 Å². The van der Waals surface area contributed by atoms with Crippen LogP contribution in [0.25, 0.3) is 0 Å². The van der Waals surface area contributed by atoms with E-state index in [9.17, 15) is 9.59 Å². The van der Waals surface area contributed by atoms with E-state index in [-0.39, 0.29) is 24.9 Å². The smallest absolute Gasteiger partial charge is 0.250 e. The second-order valence-corrected chi connectivity index (χ2v) is 3.80. The number of carbonyl (C=O) groups excluding carboxylic acids is 2. The summed E-state index contributed by atoms with van der Waals surface area (Å²) in [5.41, 5.74) is 0. The molecule has 16 heavy (non-hydrogen) atoms. The molecule has 0 saturated carbocycles. The Balaban J connectivity index is 4.11. The second-order valence-electron chi connectivity index (χ2n) is 3.80. The minimum absolute atomic E-state index is 0.0365. The van der Waals surface area contributed by atoms with Crippen molar-refractivity contribution in [2.75, 3.05) is 47.8 Å². The van der Waals surface area contributed by atoms with E-state index in [1.165, 1.54) is 9.91 Å². The fourth-order valence-corrected chi connectivity index (χ4v) is 0.980. The van der Waals surface area contributed by atoms with Crippen molar-refractivity contribution >= 4 is 11.8 Å². The van der Waals surface area contributed by atoms with E-state index < -0.39 is 0 Å². The SMILES string of the molecule is CCNCC(=O)N(C)N(C)CC(=O)N(C)C. The summed E-state index contributed by atoms with van der Waals surface area (Å²) in [6.45, 7) is 3.17. The molecule has 0 aliphatic carbocycles. The molecule has 0 aliphatic rings. The molecule has 0 unspecified atom stereocenters. The maximum Gasteiger partial charge on any atom is 0.250 e. The minimum atomic E-state index is -0.0593. The highest BCUT2D eigenvalue weighted by molar-refractivity contribution is 5.80. The van der Waals surface area contributed by atoms with Crippen LogP contribution in [0.4, 0.5) is 0 Å². The second kappa shape index (κ2) is 7.19. The summed E-state index contributed by atoms with van der Waals surface area (Å²) in [5.74, 6) is -0.0958. The first-order chi connectivity index (χ1) is 7.40. The molecule has 0 spiro atoms. The highest BCUT2D eigenvalue weighted by Gasteiger charge is 2.16. The molecule has 6 heteroatoms. The Kier molecular flexibility index (Phi) is 6.67. The standard InChI is InChI=1S/C10H22N4O2/c1-6-11-7-9(15)14(5)13(4)8-10(16)12(2)3/h11H,6-8H2,1-5H3. The number of hydrogen-bond acceptors (Lipinski definition) is 4. The number of nitrogens with zero attached hydrogens (tertiary/aromatic N) is 3. The number of amides is 2. The molecule has 0 aromatic carbocycles. The first-order valence-corrected chi connectivity index (χ1v) is 5.28. The van der Waals surface area contributed by atoms with Crippen LogP contribution < -0.4 is 5.32 Å². The van der Waals surface area contributed by atoms with Gasteiger partial charge in [-0.1, -0.05) is 6.92 Å². The normalized spacial score (nSPS) is 10.4. The van der Waals surface area contributed by atoms with Crippen LogP contribution in [0.3, 0.4) is 0 Å². The van der Waals surface area contributed by atoms with E-state index in [0.29, 0.717) is 0 Å². The molecular weight excluding hydrogens is 208 g/mol. The summed E-state index contributed by atoms with van der Waals surface area (Å²) < 4.78 is 0. The Labute approximate surface area is 97.1 Å². The zero-order valence-electron chi connectivity index (χ0n) is 10.8. The summed E-state index contributed by atoms with van der Waals surface area (Å²) in [7, 11) is 6.75. The lowest BCUT2D eigenvalue weighted by atomic mass is 10.5. The van der Waals surface area contributed by atoms with Gasteiger partial charge in [-0.25, -0.2) is 5.01 Å². The Morgan fingerprint density at radius 3 is 2.06 bits per heavy atom. The summed E-state index contributed by atoms with van der Waals surface area (Å²) in [4.78, 5) is 24.5. The van der Waals surface area contributed by atoms with Crippen LogP contribution in [0.1, 0.15) is 6.92 Å². The van der Waals surface area contributed by atoms with Gasteiger partial charge in [0, 0.05) is 28.2 Å². The van der Waals surface area contributed by atoms with Crippen molar-refractivity contribution in [2.24, 2.45) is 0 Å². The van der Waals surface area contributed by atoms with E-state index in [0.717, 1.165) is 6.54 Å². The quantitative estimate of drug-likeness (QED) is 0.594. The number of likely N-dealkylation sites (N-methyl/N-ethyl adjacent to an activating group) is 4. The van der Waals surface area contributed by atoms with Crippen LogP contribution in [0.5, 0.6) is 0 Å². The van der Waals surface area contributed by atoms with Crippen LogP contribution in [-0.2, 0) is 9.59 Å². The highest BCUT2D eigenvalue weighted by atomic mass is 16.2. The molecule has 0 aromatic heterocycles. The van der Waals surface area contributed by atoms with Crippen molar-refractivity contribution in [1.29, 1.82) is 0 Å². The highest BCUT2D eigenvalue weighted by Crippen LogP contribution is 1.93. The number of hydrogen-bond donors (Lipinski definition) is 1. The van der Waals surface area contributed by atoms with E-state index in [2.05, 4.69) is 5.32 Å². The van der Waals surface area contributed by atoms with Crippen LogP contribution in [0, 0.1) is 0 Å². The van der Waals surface area contributed by atoms with Gasteiger partial charge >= 0.3 is 0 Å². The Morgan fingerprint density at radius 1 is 1.06 bits per heavy atom. The van der Waals surface area contributed by atoms with Gasteiger partial charge in [0.1, 0.15) is 0 Å². The molecule has 0 atom stereocenters. The van der Waals surface area contributed by atoms with Crippen molar-refractivity contribution < 1.29 is 9.59 Å². The van der Waals surface area contributed by atoms with Gasteiger partial charge in [0.2, 0.25) is 5.91 Å². The van der Waals surface area contributed by atoms with Gasteiger partial charge in [-0.15, -0.1) is 0 Å². The van der Waals surface area contributed by atoms with Crippen molar-refractivity contribution in [3.8, 4) is 0 Å². The van der Waals surface area contributed by atoms with Gasteiger partial charge in [-0.2, -0.15) is 0 Å². The molecule has 0 bridgehead atoms. The average molecular weight is 230 g/mol. The van der Waals surface area contributed by atoms with Crippen LogP contribution in [0.15, 0.2) is 0 Å². The molecule has 6 nitrogen and oxygen atoms in total. The summed E-state index contributed by atoms with van der Waals surface area (Å²) in [6, 6.07) is 0. The number of rotatable bonds is 6. The monoisotopic (exact) mass is 230 g/mol. The van der Waals surface area contributed by atoms with Crippen molar-refractivity contribution in [3.05, 3.63) is 0 Å². The van der Waals surface area contributed by atoms with E-state index in [1.807, 2.05) is 6.92 Å². The lowest BCUT2D eigenvalue weighted by molar-refractivity contribution is -0.146. The first-order valence-electron chi connectivity index (χ1n) is 5.28. The summed E-state index contributed by atoms with van der Waals surface area (Å²) >= 11 is 0. The van der Waals surface area contributed by atoms with Gasteiger partial charge in [-0.3, -0.25) is 14.6 Å². The fraction of sp³-hybridized carbons (Fsp3) is 0.800. The molecule has 0 rings (SSSR count). The topological polar surface area (TPSA) is 55.9 Å². The van der Waals surface area contributed by atoms with Crippen LogP contribution >= 0.6 is 0 Å². The van der Waals surface area contributed by atoms with Gasteiger partial charge < -0.3 is 10.2 Å². The predicted molar refractivity (Wildman–Crippen MR) is 62.6 cm³/mol. The Hall–Kier alpha value is -1.14. The maximum absolute atomic E-state index is 11.6. The first kappa shape index (κ1) is 14.9. The molecule has 0 radical (unpaired) electrons. The zero-order chi connectivity index (χ0) is 12.7. The number of carbonyl (C=O) groups is 2. The van der Waals surface area contributed by atoms with E-state index in [4.69, 9.17) is 0 Å². The molecule has 0 fully saturated rings. The molecule has 1 N–H and O–H groups in total. The molecular formula is C10H22N4O2. The van der Waals surface area contributed by atoms with Crippen LogP contribution in [0.2, 0.25) is 0 Å². The third-order valence-corrected chi connectivity index (χ3v) is 2.26. The molecule has 0 saturated heterocycles. The Morgan fingerprint density at radius 2 is 1.62 bits per heavy atom. The molecule has 0 aliphatic heterocycles. The predicted octanol–water partition coefficient (Wildman–Crippen LogP) is -1.01. The summed E-state index contributed by atoms with van der Waals surface area (Å²) in [6.07, 6.45) is 0. The summed E-state index contributed by atoms with van der Waals surface area (Å²) in [5, 5.41) is 5.99. The lowest BCUT2D eigenvalue weighted by Gasteiger charge is -2.28. The molecule has 2 amide bonds.